The summed E-state index contributed by atoms with van der Waals surface area (Å²) in [5.74, 6) is -1.02. The Morgan fingerprint density at radius 1 is 1.62 bits per heavy atom. The monoisotopic (exact) mass is 248 g/mol. The van der Waals surface area contributed by atoms with Gasteiger partial charge in [0.1, 0.15) is 0 Å². The van der Waals surface area contributed by atoms with Crippen LogP contribution in [0.5, 0.6) is 0 Å². The second kappa shape index (κ2) is 7.24. The molecule has 3 N–H and O–H groups in total. The molecule has 1 heterocycles. The molecule has 7 heteroatoms. The molecule has 1 fully saturated rings. The molecular weight excluding hydrogens is 232 g/mol. The molecule has 1 saturated heterocycles. The largest absolute Gasteiger partial charge is 0.480 e. The molecule has 0 aromatic heterocycles. The number of hydrogen-bond donors (Lipinski definition) is 2. The van der Waals surface area contributed by atoms with E-state index in [2.05, 4.69) is 5.73 Å². The van der Waals surface area contributed by atoms with Gasteiger partial charge in [-0.1, -0.05) is 0 Å². The molecule has 0 aromatic rings. The Kier molecular flexibility index (Phi) is 6.75. The van der Waals surface area contributed by atoms with Crippen molar-refractivity contribution in [3.8, 4) is 0 Å². The summed E-state index contributed by atoms with van der Waals surface area (Å²) < 4.78 is 0. The van der Waals surface area contributed by atoms with Crippen LogP contribution in [0.4, 0.5) is 0 Å². The fourth-order valence-corrected chi connectivity index (χ4v) is 1.81. The first-order valence-corrected chi connectivity index (χ1v) is 6.05. The van der Waals surface area contributed by atoms with E-state index in [-0.39, 0.29) is 23.6 Å². The summed E-state index contributed by atoms with van der Waals surface area (Å²) in [7, 11) is 0. The van der Waals surface area contributed by atoms with Crippen LogP contribution in [-0.2, 0) is 14.4 Å². The molecule has 16 heavy (non-hydrogen) atoms. The summed E-state index contributed by atoms with van der Waals surface area (Å²) in [6.45, 7) is 2.05. The van der Waals surface area contributed by atoms with Gasteiger partial charge in [0.05, 0.1) is 11.8 Å². The zero-order valence-corrected chi connectivity index (χ0v) is 10.1. The van der Waals surface area contributed by atoms with Gasteiger partial charge in [-0.15, -0.1) is 0 Å². The highest BCUT2D eigenvalue weighted by molar-refractivity contribution is 8.00. The lowest BCUT2D eigenvalue weighted by Crippen LogP contribution is -2.30. The van der Waals surface area contributed by atoms with Crippen LogP contribution in [-0.4, -0.2) is 52.4 Å². The number of carboxylic acids is 1. The Labute approximate surface area is 98.2 Å². The van der Waals surface area contributed by atoms with Crippen LogP contribution in [0, 0.1) is 0 Å². The first kappa shape index (κ1) is 14.9. The molecule has 1 aliphatic rings. The van der Waals surface area contributed by atoms with Crippen molar-refractivity contribution in [1.29, 1.82) is 0 Å². The molecule has 0 aliphatic carbocycles. The Bertz CT molecular complexity index is 283. The third-order valence-corrected chi connectivity index (χ3v) is 2.92. The Morgan fingerprint density at radius 3 is 2.31 bits per heavy atom. The maximum Gasteiger partial charge on any atom is 0.317 e. The van der Waals surface area contributed by atoms with E-state index in [9.17, 15) is 14.4 Å². The molecule has 1 aliphatic heterocycles. The normalized spacial score (nSPS) is 19.4. The SMILES string of the molecule is CCN1C(=O)CC(SC)C1=O.NCC(=O)O. The van der Waals surface area contributed by atoms with Crippen molar-refractivity contribution < 1.29 is 19.5 Å². The van der Waals surface area contributed by atoms with Crippen LogP contribution in [0.1, 0.15) is 13.3 Å². The molecule has 0 bridgehead atoms. The first-order valence-electron chi connectivity index (χ1n) is 4.76. The highest BCUT2D eigenvalue weighted by Crippen LogP contribution is 2.22. The van der Waals surface area contributed by atoms with E-state index in [1.54, 1.807) is 0 Å². The lowest BCUT2D eigenvalue weighted by molar-refractivity contribution is -0.138. The lowest BCUT2D eigenvalue weighted by Gasteiger charge is -2.09. The summed E-state index contributed by atoms with van der Waals surface area (Å²) in [4.78, 5) is 32.9. The Morgan fingerprint density at radius 2 is 2.12 bits per heavy atom. The maximum absolute atomic E-state index is 11.3. The van der Waals surface area contributed by atoms with E-state index >= 15 is 0 Å². The summed E-state index contributed by atoms with van der Waals surface area (Å²) >= 11 is 1.45. The number of carboxylic acid groups (broad SMARTS) is 1. The molecular formula is C9H16N2O4S. The van der Waals surface area contributed by atoms with Crippen molar-refractivity contribution in [3.63, 3.8) is 0 Å². The van der Waals surface area contributed by atoms with Crippen molar-refractivity contribution in [2.45, 2.75) is 18.6 Å². The van der Waals surface area contributed by atoms with Crippen LogP contribution in [0.3, 0.4) is 0 Å². The van der Waals surface area contributed by atoms with Gasteiger partial charge in [-0.25, -0.2) is 0 Å². The molecule has 92 valence electrons. The molecule has 6 nitrogen and oxygen atoms in total. The Hall–Kier alpha value is -1.08. The fourth-order valence-electron chi connectivity index (χ4n) is 1.17. The minimum atomic E-state index is -0.968. The standard InChI is InChI=1S/C7H11NO2S.C2H5NO2/c1-3-8-6(9)4-5(11-2)7(8)10;3-1-2(4)5/h5H,3-4H2,1-2H3;1,3H2,(H,4,5). The number of nitrogens with zero attached hydrogens (tertiary/aromatic N) is 1. The van der Waals surface area contributed by atoms with E-state index in [1.165, 1.54) is 16.7 Å². The topological polar surface area (TPSA) is 101 Å². The van der Waals surface area contributed by atoms with Gasteiger partial charge >= 0.3 is 5.97 Å². The third-order valence-electron chi connectivity index (χ3n) is 1.98. The van der Waals surface area contributed by atoms with Crippen LogP contribution in [0.2, 0.25) is 0 Å². The maximum atomic E-state index is 11.3. The van der Waals surface area contributed by atoms with Gasteiger partial charge in [0.15, 0.2) is 0 Å². The number of amides is 2. The minimum absolute atomic E-state index is 0.0231. The van der Waals surface area contributed by atoms with E-state index in [1.807, 2.05) is 13.2 Å². The quantitative estimate of drug-likeness (QED) is 0.655. The average Bonchev–Trinajstić information content (AvgIpc) is 2.54. The summed E-state index contributed by atoms with van der Waals surface area (Å²) in [6.07, 6.45) is 2.24. The number of carbonyl (C=O) groups excluding carboxylic acids is 2. The van der Waals surface area contributed by atoms with Crippen molar-refractivity contribution in [2.75, 3.05) is 19.3 Å². The highest BCUT2D eigenvalue weighted by Gasteiger charge is 2.36. The van der Waals surface area contributed by atoms with Gasteiger partial charge in [-0.05, 0) is 13.2 Å². The number of carbonyl (C=O) groups is 3. The zero-order valence-electron chi connectivity index (χ0n) is 9.30. The van der Waals surface area contributed by atoms with Crippen molar-refractivity contribution in [2.24, 2.45) is 5.73 Å². The molecule has 0 saturated carbocycles. The van der Waals surface area contributed by atoms with Gasteiger partial charge in [-0.3, -0.25) is 19.3 Å². The molecule has 0 radical (unpaired) electrons. The summed E-state index contributed by atoms with van der Waals surface area (Å²) in [5, 5.41) is 7.47. The van der Waals surface area contributed by atoms with Gasteiger partial charge in [0.25, 0.3) is 0 Å². The van der Waals surface area contributed by atoms with E-state index in [0.717, 1.165) is 0 Å². The van der Waals surface area contributed by atoms with E-state index in [4.69, 9.17) is 5.11 Å². The highest BCUT2D eigenvalue weighted by atomic mass is 32.2. The molecule has 2 amide bonds. The second-order valence-electron chi connectivity index (χ2n) is 3.00. The van der Waals surface area contributed by atoms with Gasteiger partial charge in [0, 0.05) is 13.0 Å². The second-order valence-corrected chi connectivity index (χ2v) is 4.04. The van der Waals surface area contributed by atoms with Crippen LogP contribution in [0.15, 0.2) is 0 Å². The van der Waals surface area contributed by atoms with Crippen LogP contribution < -0.4 is 5.73 Å². The summed E-state index contributed by atoms with van der Waals surface area (Å²) in [6, 6.07) is 0. The number of likely N-dealkylation sites (tertiary alicyclic amines) is 1. The molecule has 1 unspecified atom stereocenters. The molecule has 1 rings (SSSR count). The smallest absolute Gasteiger partial charge is 0.317 e. The molecule has 0 spiro atoms. The predicted molar refractivity (Wildman–Crippen MR) is 61.0 cm³/mol. The van der Waals surface area contributed by atoms with Gasteiger partial charge in [0.2, 0.25) is 11.8 Å². The van der Waals surface area contributed by atoms with Crippen molar-refractivity contribution >= 4 is 29.5 Å². The fraction of sp³-hybridized carbons (Fsp3) is 0.667. The number of thioether (sulfide) groups is 1. The average molecular weight is 248 g/mol. The van der Waals surface area contributed by atoms with Crippen LogP contribution >= 0.6 is 11.8 Å². The minimum Gasteiger partial charge on any atom is -0.480 e. The van der Waals surface area contributed by atoms with E-state index < -0.39 is 5.97 Å². The molecule has 0 aromatic carbocycles. The predicted octanol–water partition coefficient (Wildman–Crippen LogP) is -0.473. The van der Waals surface area contributed by atoms with Crippen molar-refractivity contribution in [3.05, 3.63) is 0 Å². The lowest BCUT2D eigenvalue weighted by atomic mass is 10.4. The zero-order chi connectivity index (χ0) is 12.7. The number of hydrogen-bond acceptors (Lipinski definition) is 5. The number of rotatable bonds is 3. The van der Waals surface area contributed by atoms with E-state index in [0.29, 0.717) is 13.0 Å². The van der Waals surface area contributed by atoms with Crippen molar-refractivity contribution in [1.82, 2.24) is 4.90 Å². The Balaban J connectivity index is 0.000000385. The number of nitrogens with two attached hydrogens (primary N) is 1. The molecule has 1 atom stereocenters. The first-order chi connectivity index (χ1) is 7.47. The third kappa shape index (κ3) is 4.19. The van der Waals surface area contributed by atoms with Gasteiger partial charge < -0.3 is 10.8 Å². The van der Waals surface area contributed by atoms with Crippen LogP contribution in [0.25, 0.3) is 0 Å². The number of aliphatic carboxylic acids is 1. The summed E-state index contributed by atoms with van der Waals surface area (Å²) in [5.41, 5.74) is 4.57. The van der Waals surface area contributed by atoms with Gasteiger partial charge in [-0.2, -0.15) is 11.8 Å². The number of imide groups is 1.